The van der Waals surface area contributed by atoms with Crippen LogP contribution in [0.5, 0.6) is 11.5 Å². The SMILES string of the molecule is Cc1c(C(=O)Nc2ccc(Oc3ccncc3)cc2)nnn1-c1cccc([N+](=O)[O-])c1. The molecule has 0 atom stereocenters. The highest BCUT2D eigenvalue weighted by Gasteiger charge is 2.18. The van der Waals surface area contributed by atoms with E-state index in [0.717, 1.165) is 0 Å². The third-order valence-electron chi connectivity index (χ3n) is 4.39. The van der Waals surface area contributed by atoms with Crippen LogP contribution in [0.1, 0.15) is 16.2 Å². The van der Waals surface area contributed by atoms with E-state index in [-0.39, 0.29) is 11.4 Å². The number of nitro groups is 1. The lowest BCUT2D eigenvalue weighted by Crippen LogP contribution is -2.14. The smallest absolute Gasteiger partial charge is 0.278 e. The molecule has 10 nitrogen and oxygen atoms in total. The molecule has 154 valence electrons. The minimum absolute atomic E-state index is 0.0764. The Balaban J connectivity index is 1.48. The van der Waals surface area contributed by atoms with Crippen LogP contribution in [0.25, 0.3) is 5.69 Å². The topological polar surface area (TPSA) is 125 Å². The van der Waals surface area contributed by atoms with E-state index in [0.29, 0.717) is 28.6 Å². The van der Waals surface area contributed by atoms with Crippen LogP contribution in [0.4, 0.5) is 11.4 Å². The number of amides is 1. The van der Waals surface area contributed by atoms with Crippen molar-refractivity contribution in [1.82, 2.24) is 20.0 Å². The third kappa shape index (κ3) is 4.37. The highest BCUT2D eigenvalue weighted by atomic mass is 16.6. The Morgan fingerprint density at radius 3 is 2.48 bits per heavy atom. The van der Waals surface area contributed by atoms with E-state index in [4.69, 9.17) is 4.74 Å². The van der Waals surface area contributed by atoms with Gasteiger partial charge in [0.2, 0.25) is 0 Å². The molecule has 1 amide bonds. The third-order valence-corrected chi connectivity index (χ3v) is 4.39. The lowest BCUT2D eigenvalue weighted by molar-refractivity contribution is -0.384. The predicted molar refractivity (Wildman–Crippen MR) is 111 cm³/mol. The molecule has 2 aromatic carbocycles. The van der Waals surface area contributed by atoms with Gasteiger partial charge in [-0.2, -0.15) is 0 Å². The number of pyridine rings is 1. The number of anilines is 1. The van der Waals surface area contributed by atoms with Gasteiger partial charge in [-0.15, -0.1) is 5.10 Å². The molecule has 0 spiro atoms. The molecule has 4 aromatic rings. The maximum Gasteiger partial charge on any atom is 0.278 e. The van der Waals surface area contributed by atoms with E-state index >= 15 is 0 Å². The van der Waals surface area contributed by atoms with Crippen LogP contribution in [0, 0.1) is 17.0 Å². The summed E-state index contributed by atoms with van der Waals surface area (Å²) in [5, 5.41) is 21.7. The summed E-state index contributed by atoms with van der Waals surface area (Å²) in [5.41, 5.74) is 1.49. The van der Waals surface area contributed by atoms with Crippen molar-refractivity contribution in [2.45, 2.75) is 6.92 Å². The van der Waals surface area contributed by atoms with Gasteiger partial charge in [-0.25, -0.2) is 4.68 Å². The molecule has 0 bridgehead atoms. The molecule has 4 rings (SSSR count). The number of ether oxygens (including phenoxy) is 1. The van der Waals surface area contributed by atoms with E-state index in [1.54, 1.807) is 67.8 Å². The number of benzene rings is 2. The summed E-state index contributed by atoms with van der Waals surface area (Å²) in [6, 6.07) is 16.3. The summed E-state index contributed by atoms with van der Waals surface area (Å²) >= 11 is 0. The molecular formula is C21H16N6O4. The fourth-order valence-electron chi connectivity index (χ4n) is 2.86. The van der Waals surface area contributed by atoms with Gasteiger partial charge in [-0.1, -0.05) is 11.3 Å². The summed E-state index contributed by atoms with van der Waals surface area (Å²) in [6.45, 7) is 1.67. The number of rotatable bonds is 6. The minimum atomic E-state index is -0.495. The molecule has 2 heterocycles. The molecule has 2 aromatic heterocycles. The van der Waals surface area contributed by atoms with Gasteiger partial charge in [0, 0.05) is 30.2 Å². The van der Waals surface area contributed by atoms with Crippen molar-refractivity contribution >= 4 is 17.3 Å². The quantitative estimate of drug-likeness (QED) is 0.373. The van der Waals surface area contributed by atoms with Gasteiger partial charge in [-0.3, -0.25) is 19.9 Å². The van der Waals surface area contributed by atoms with Crippen molar-refractivity contribution in [2.75, 3.05) is 5.32 Å². The molecule has 31 heavy (non-hydrogen) atoms. The van der Waals surface area contributed by atoms with Crippen LogP contribution in [0.15, 0.2) is 73.1 Å². The first-order valence-electron chi connectivity index (χ1n) is 9.18. The van der Waals surface area contributed by atoms with Crippen LogP contribution in [-0.4, -0.2) is 30.8 Å². The van der Waals surface area contributed by atoms with Gasteiger partial charge in [0.25, 0.3) is 11.6 Å². The zero-order chi connectivity index (χ0) is 21.8. The molecule has 0 saturated carbocycles. The van der Waals surface area contributed by atoms with Crippen molar-refractivity contribution in [2.24, 2.45) is 0 Å². The summed E-state index contributed by atoms with van der Waals surface area (Å²) in [4.78, 5) is 27.1. The Hall–Kier alpha value is -4.60. The minimum Gasteiger partial charge on any atom is -0.457 e. The normalized spacial score (nSPS) is 10.5. The molecule has 0 fully saturated rings. The first-order chi connectivity index (χ1) is 15.0. The number of nitro benzene ring substituents is 1. The van der Waals surface area contributed by atoms with E-state index in [1.165, 1.54) is 16.8 Å². The van der Waals surface area contributed by atoms with Crippen LogP contribution in [0.2, 0.25) is 0 Å². The lowest BCUT2D eigenvalue weighted by Gasteiger charge is -2.08. The summed E-state index contributed by atoms with van der Waals surface area (Å²) in [5.74, 6) is 0.814. The van der Waals surface area contributed by atoms with E-state index in [2.05, 4.69) is 20.6 Å². The van der Waals surface area contributed by atoms with Crippen LogP contribution >= 0.6 is 0 Å². The van der Waals surface area contributed by atoms with E-state index < -0.39 is 10.8 Å². The highest BCUT2D eigenvalue weighted by Crippen LogP contribution is 2.23. The highest BCUT2D eigenvalue weighted by molar-refractivity contribution is 6.03. The average molecular weight is 416 g/mol. The Morgan fingerprint density at radius 2 is 1.77 bits per heavy atom. The van der Waals surface area contributed by atoms with Crippen LogP contribution in [0.3, 0.4) is 0 Å². The molecule has 0 aliphatic carbocycles. The van der Waals surface area contributed by atoms with Gasteiger partial charge < -0.3 is 10.1 Å². The Kier molecular flexibility index (Phi) is 5.35. The van der Waals surface area contributed by atoms with Crippen molar-refractivity contribution in [3.8, 4) is 17.2 Å². The van der Waals surface area contributed by atoms with Crippen LogP contribution < -0.4 is 10.1 Å². The maximum atomic E-state index is 12.7. The number of aromatic nitrogens is 4. The standard InChI is InChI=1S/C21H16N6O4/c1-14-20(24-25-26(14)16-3-2-4-17(13-16)27(29)30)21(28)23-15-5-7-18(8-6-15)31-19-9-11-22-12-10-19/h2-13H,1H3,(H,23,28). The Labute approximate surface area is 176 Å². The zero-order valence-electron chi connectivity index (χ0n) is 16.3. The molecule has 0 unspecified atom stereocenters. The second kappa shape index (κ2) is 8.41. The number of carbonyl (C=O) groups is 1. The van der Waals surface area contributed by atoms with E-state index in [9.17, 15) is 14.9 Å². The number of carbonyl (C=O) groups excluding carboxylic acids is 1. The molecule has 0 radical (unpaired) electrons. The summed E-state index contributed by atoms with van der Waals surface area (Å²) in [6.07, 6.45) is 3.26. The lowest BCUT2D eigenvalue weighted by atomic mass is 10.2. The molecular weight excluding hydrogens is 400 g/mol. The number of non-ortho nitro benzene ring substituents is 1. The first kappa shape index (κ1) is 19.7. The number of nitrogens with zero attached hydrogens (tertiary/aromatic N) is 5. The summed E-state index contributed by atoms with van der Waals surface area (Å²) < 4.78 is 7.08. The van der Waals surface area contributed by atoms with Crippen molar-refractivity contribution in [3.05, 3.63) is 94.6 Å². The van der Waals surface area contributed by atoms with Gasteiger partial charge in [0.15, 0.2) is 5.69 Å². The largest absolute Gasteiger partial charge is 0.457 e. The van der Waals surface area contributed by atoms with Gasteiger partial charge in [0.1, 0.15) is 11.5 Å². The Morgan fingerprint density at radius 1 is 1.06 bits per heavy atom. The molecule has 1 N–H and O–H groups in total. The number of nitrogens with one attached hydrogen (secondary N) is 1. The monoisotopic (exact) mass is 416 g/mol. The second-order valence-corrected chi connectivity index (χ2v) is 6.48. The number of hydrogen-bond acceptors (Lipinski definition) is 7. The van der Waals surface area contributed by atoms with Gasteiger partial charge in [-0.05, 0) is 49.4 Å². The second-order valence-electron chi connectivity index (χ2n) is 6.48. The van der Waals surface area contributed by atoms with Crippen molar-refractivity contribution < 1.29 is 14.5 Å². The fourth-order valence-corrected chi connectivity index (χ4v) is 2.86. The average Bonchev–Trinajstić information content (AvgIpc) is 3.17. The van der Waals surface area contributed by atoms with Crippen LogP contribution in [-0.2, 0) is 0 Å². The first-order valence-corrected chi connectivity index (χ1v) is 9.18. The molecule has 0 aliphatic heterocycles. The zero-order valence-corrected chi connectivity index (χ0v) is 16.3. The van der Waals surface area contributed by atoms with Crippen molar-refractivity contribution in [1.29, 1.82) is 0 Å². The molecule has 0 aliphatic rings. The van der Waals surface area contributed by atoms with E-state index in [1.807, 2.05) is 0 Å². The maximum absolute atomic E-state index is 12.7. The Bertz CT molecular complexity index is 1240. The summed E-state index contributed by atoms with van der Waals surface area (Å²) in [7, 11) is 0. The molecule has 0 saturated heterocycles. The fraction of sp³-hybridized carbons (Fsp3) is 0.0476. The predicted octanol–water partition coefficient (Wildman–Crippen LogP) is 3.92. The van der Waals surface area contributed by atoms with Crippen molar-refractivity contribution in [3.63, 3.8) is 0 Å². The van der Waals surface area contributed by atoms with Gasteiger partial charge in [0.05, 0.1) is 16.3 Å². The molecule has 10 heteroatoms. The number of hydrogen-bond donors (Lipinski definition) is 1. The van der Waals surface area contributed by atoms with Gasteiger partial charge >= 0.3 is 0 Å².